The van der Waals surface area contributed by atoms with Crippen LogP contribution in [0.5, 0.6) is 0 Å². The van der Waals surface area contributed by atoms with Gasteiger partial charge >= 0.3 is 0 Å². The van der Waals surface area contributed by atoms with Crippen LogP contribution in [-0.4, -0.2) is 14.7 Å². The summed E-state index contributed by atoms with van der Waals surface area (Å²) in [6, 6.07) is 8.56. The molecule has 0 heterocycles. The molecule has 0 radical (unpaired) electrons. The summed E-state index contributed by atoms with van der Waals surface area (Å²) in [6.07, 6.45) is 1.17. The number of hydrogen-bond acceptors (Lipinski definition) is 3. The molecule has 4 heteroatoms. The van der Waals surface area contributed by atoms with Crippen molar-refractivity contribution in [3.63, 3.8) is 0 Å². The van der Waals surface area contributed by atoms with Crippen molar-refractivity contribution in [3.8, 4) is 6.07 Å². The van der Waals surface area contributed by atoms with E-state index in [1.807, 2.05) is 6.07 Å². The van der Waals surface area contributed by atoms with Gasteiger partial charge in [-0.2, -0.15) is 5.26 Å². The fourth-order valence-corrected chi connectivity index (χ4v) is 1.82. The largest absolute Gasteiger partial charge is 0.229 e. The van der Waals surface area contributed by atoms with Gasteiger partial charge < -0.3 is 0 Å². The Morgan fingerprint density at radius 1 is 1.46 bits per heavy atom. The molecule has 0 atom stereocenters. The lowest BCUT2D eigenvalue weighted by Gasteiger charge is -1.98. The Morgan fingerprint density at radius 3 is 2.69 bits per heavy atom. The molecule has 0 aliphatic carbocycles. The van der Waals surface area contributed by atoms with Crippen molar-refractivity contribution < 1.29 is 8.42 Å². The lowest BCUT2D eigenvalue weighted by atomic mass is 10.2. The molecule has 0 unspecified atom stereocenters. The minimum absolute atomic E-state index is 0.0114. The molecule has 0 amide bonds. The van der Waals surface area contributed by atoms with Crippen molar-refractivity contribution in [2.75, 3.05) is 6.26 Å². The van der Waals surface area contributed by atoms with E-state index in [1.54, 1.807) is 24.3 Å². The van der Waals surface area contributed by atoms with E-state index < -0.39 is 9.84 Å². The molecule has 0 bridgehead atoms. The molecule has 13 heavy (non-hydrogen) atoms. The van der Waals surface area contributed by atoms with Crippen molar-refractivity contribution in [1.82, 2.24) is 0 Å². The molecule has 1 rings (SSSR count). The first-order valence-corrected chi connectivity index (χ1v) is 5.74. The summed E-state index contributed by atoms with van der Waals surface area (Å²) in [7, 11) is -3.01. The number of hydrogen-bond donors (Lipinski definition) is 0. The van der Waals surface area contributed by atoms with Gasteiger partial charge in [0.2, 0.25) is 0 Å². The van der Waals surface area contributed by atoms with Crippen LogP contribution in [0.1, 0.15) is 11.1 Å². The Kier molecular flexibility index (Phi) is 2.69. The Balaban J connectivity index is 2.99. The van der Waals surface area contributed by atoms with E-state index in [4.69, 9.17) is 5.26 Å². The van der Waals surface area contributed by atoms with Gasteiger partial charge in [-0.05, 0) is 17.7 Å². The SMILES string of the molecule is CS(=O)(=O)Cc1cccc(C#N)c1. The molecule has 0 aliphatic heterocycles. The maximum atomic E-state index is 10.9. The first kappa shape index (κ1) is 9.75. The molecule has 3 nitrogen and oxygen atoms in total. The maximum absolute atomic E-state index is 10.9. The van der Waals surface area contributed by atoms with Crippen molar-refractivity contribution in [2.24, 2.45) is 0 Å². The van der Waals surface area contributed by atoms with Crippen LogP contribution < -0.4 is 0 Å². The van der Waals surface area contributed by atoms with E-state index in [2.05, 4.69) is 0 Å². The van der Waals surface area contributed by atoms with Crippen LogP contribution in [0.4, 0.5) is 0 Å². The Bertz CT molecular complexity index is 443. The third kappa shape index (κ3) is 3.26. The topological polar surface area (TPSA) is 57.9 Å². The zero-order chi connectivity index (χ0) is 9.90. The smallest absolute Gasteiger partial charge is 0.151 e. The Hall–Kier alpha value is -1.34. The van der Waals surface area contributed by atoms with Crippen molar-refractivity contribution in [1.29, 1.82) is 5.26 Å². The lowest BCUT2D eigenvalue weighted by Crippen LogP contribution is -2.00. The molecule has 1 aromatic carbocycles. The average molecular weight is 195 g/mol. The summed E-state index contributed by atoms with van der Waals surface area (Å²) in [5, 5.41) is 8.56. The first-order valence-electron chi connectivity index (χ1n) is 3.68. The molecular formula is C9H9NO2S. The van der Waals surface area contributed by atoms with Gasteiger partial charge in [0.05, 0.1) is 17.4 Å². The maximum Gasteiger partial charge on any atom is 0.151 e. The van der Waals surface area contributed by atoms with E-state index >= 15 is 0 Å². The Labute approximate surface area is 77.5 Å². The highest BCUT2D eigenvalue weighted by molar-refractivity contribution is 7.89. The van der Waals surface area contributed by atoms with Crippen LogP contribution >= 0.6 is 0 Å². The van der Waals surface area contributed by atoms with E-state index in [0.29, 0.717) is 11.1 Å². The number of benzene rings is 1. The molecule has 0 N–H and O–H groups in total. The number of sulfone groups is 1. The summed E-state index contributed by atoms with van der Waals surface area (Å²) >= 11 is 0. The molecule has 0 aromatic heterocycles. The fraction of sp³-hybridized carbons (Fsp3) is 0.222. The number of rotatable bonds is 2. The quantitative estimate of drug-likeness (QED) is 0.710. The van der Waals surface area contributed by atoms with Gasteiger partial charge in [0.1, 0.15) is 0 Å². The standard InChI is InChI=1S/C9H9NO2S/c1-13(11,12)7-9-4-2-3-8(5-9)6-10/h2-5H,7H2,1H3. The van der Waals surface area contributed by atoms with Crippen LogP contribution in [0.2, 0.25) is 0 Å². The molecule has 1 aromatic rings. The van der Waals surface area contributed by atoms with E-state index in [1.165, 1.54) is 6.26 Å². The van der Waals surface area contributed by atoms with Crippen LogP contribution in [0, 0.1) is 11.3 Å². The van der Waals surface area contributed by atoms with E-state index in [-0.39, 0.29) is 5.75 Å². The van der Waals surface area contributed by atoms with Gasteiger partial charge in [0, 0.05) is 6.26 Å². The third-order valence-corrected chi connectivity index (χ3v) is 2.34. The zero-order valence-electron chi connectivity index (χ0n) is 7.19. The third-order valence-electron chi connectivity index (χ3n) is 1.48. The van der Waals surface area contributed by atoms with Crippen molar-refractivity contribution in [2.45, 2.75) is 5.75 Å². The minimum Gasteiger partial charge on any atom is -0.229 e. The normalized spacial score (nSPS) is 10.8. The summed E-state index contributed by atoms with van der Waals surface area (Å²) in [4.78, 5) is 0. The second-order valence-corrected chi connectivity index (χ2v) is 5.02. The monoisotopic (exact) mass is 195 g/mol. The van der Waals surface area contributed by atoms with Crippen LogP contribution in [0.3, 0.4) is 0 Å². The highest BCUT2D eigenvalue weighted by atomic mass is 32.2. The van der Waals surface area contributed by atoms with Crippen LogP contribution in [0.15, 0.2) is 24.3 Å². The molecular weight excluding hydrogens is 186 g/mol. The van der Waals surface area contributed by atoms with Crippen LogP contribution in [-0.2, 0) is 15.6 Å². The summed E-state index contributed by atoms with van der Waals surface area (Å²) < 4.78 is 21.8. The molecule has 68 valence electrons. The predicted octanol–water partition coefficient (Wildman–Crippen LogP) is 1.10. The lowest BCUT2D eigenvalue weighted by molar-refractivity contribution is 0.601. The van der Waals surface area contributed by atoms with Gasteiger partial charge in [-0.15, -0.1) is 0 Å². The molecule has 0 saturated carbocycles. The van der Waals surface area contributed by atoms with Crippen LogP contribution in [0.25, 0.3) is 0 Å². The highest BCUT2D eigenvalue weighted by Gasteiger charge is 2.04. The van der Waals surface area contributed by atoms with Gasteiger partial charge in [-0.25, -0.2) is 8.42 Å². The number of nitrogens with zero attached hydrogens (tertiary/aromatic N) is 1. The van der Waals surface area contributed by atoms with Crippen molar-refractivity contribution >= 4 is 9.84 Å². The van der Waals surface area contributed by atoms with Gasteiger partial charge in [0.15, 0.2) is 9.84 Å². The molecule has 0 fully saturated rings. The molecule has 0 saturated heterocycles. The van der Waals surface area contributed by atoms with Crippen molar-refractivity contribution in [3.05, 3.63) is 35.4 Å². The van der Waals surface area contributed by atoms with E-state index in [9.17, 15) is 8.42 Å². The number of nitriles is 1. The predicted molar refractivity (Wildman–Crippen MR) is 49.7 cm³/mol. The average Bonchev–Trinajstić information content (AvgIpc) is 2.01. The fourth-order valence-electron chi connectivity index (χ4n) is 1.03. The summed E-state index contributed by atoms with van der Waals surface area (Å²) in [5.41, 5.74) is 1.14. The van der Waals surface area contributed by atoms with Gasteiger partial charge in [-0.3, -0.25) is 0 Å². The first-order chi connectivity index (χ1) is 6.01. The van der Waals surface area contributed by atoms with Gasteiger partial charge in [0.25, 0.3) is 0 Å². The minimum atomic E-state index is -3.01. The molecule has 0 aliphatic rings. The Morgan fingerprint density at radius 2 is 2.15 bits per heavy atom. The second-order valence-electron chi connectivity index (χ2n) is 2.88. The summed E-state index contributed by atoms with van der Waals surface area (Å²) in [6.45, 7) is 0. The second kappa shape index (κ2) is 3.58. The molecule has 0 spiro atoms. The zero-order valence-corrected chi connectivity index (χ0v) is 8.00. The summed E-state index contributed by atoms with van der Waals surface area (Å²) in [5.74, 6) is -0.0114. The van der Waals surface area contributed by atoms with E-state index in [0.717, 1.165) is 0 Å². The van der Waals surface area contributed by atoms with Gasteiger partial charge in [-0.1, -0.05) is 12.1 Å². The highest BCUT2D eigenvalue weighted by Crippen LogP contribution is 2.07.